The molecule has 0 unspecified atom stereocenters. The molecule has 0 atom stereocenters. The van der Waals surface area contributed by atoms with Crippen LogP contribution in [0.25, 0.3) is 0 Å². The molecule has 4 nitrogen and oxygen atoms in total. The fraction of sp³-hybridized carbons (Fsp3) is 0.611. The average Bonchev–Trinajstić information content (AvgIpc) is 2.44. The second-order valence-corrected chi connectivity index (χ2v) is 6.40. The maximum Gasteiger partial charge on any atom is 0.225 e. The zero-order chi connectivity index (χ0) is 16.5. The smallest absolute Gasteiger partial charge is 0.225 e. The van der Waals surface area contributed by atoms with Crippen molar-refractivity contribution >= 4 is 11.6 Å². The van der Waals surface area contributed by atoms with Crippen LogP contribution in [0.5, 0.6) is 0 Å². The number of anilines is 1. The zero-order valence-corrected chi connectivity index (χ0v) is 14.7. The number of para-hydroxylation sites is 1. The molecule has 22 heavy (non-hydrogen) atoms. The monoisotopic (exact) mass is 305 g/mol. The lowest BCUT2D eigenvalue weighted by atomic mass is 9.98. The fourth-order valence-electron chi connectivity index (χ4n) is 2.39. The molecular weight excluding hydrogens is 274 g/mol. The summed E-state index contributed by atoms with van der Waals surface area (Å²) in [5.41, 5.74) is 3.31. The molecule has 1 amide bonds. The maximum absolute atomic E-state index is 12.1. The van der Waals surface area contributed by atoms with Gasteiger partial charge in [0.2, 0.25) is 5.91 Å². The van der Waals surface area contributed by atoms with Gasteiger partial charge in [-0.2, -0.15) is 0 Å². The number of amides is 1. The summed E-state index contributed by atoms with van der Waals surface area (Å²) in [6.45, 7) is 9.09. The third-order valence-corrected chi connectivity index (χ3v) is 3.68. The van der Waals surface area contributed by atoms with E-state index in [1.54, 1.807) is 0 Å². The van der Waals surface area contributed by atoms with E-state index >= 15 is 0 Å². The highest BCUT2D eigenvalue weighted by molar-refractivity contribution is 5.92. The van der Waals surface area contributed by atoms with Gasteiger partial charge in [-0.1, -0.05) is 32.0 Å². The summed E-state index contributed by atoms with van der Waals surface area (Å²) >= 11 is 0. The van der Waals surface area contributed by atoms with Crippen LogP contribution in [0.3, 0.4) is 0 Å². The van der Waals surface area contributed by atoms with Gasteiger partial charge >= 0.3 is 0 Å². The van der Waals surface area contributed by atoms with Crippen molar-refractivity contribution in [3.05, 3.63) is 29.3 Å². The number of hydrogen-bond donors (Lipinski definition) is 2. The molecule has 0 aromatic heterocycles. The predicted octanol–water partition coefficient (Wildman–Crippen LogP) is 2.99. The quantitative estimate of drug-likeness (QED) is 0.689. The van der Waals surface area contributed by atoms with Crippen molar-refractivity contribution in [2.75, 3.05) is 39.0 Å². The molecule has 0 saturated heterocycles. The molecule has 1 aromatic rings. The predicted molar refractivity (Wildman–Crippen MR) is 94.6 cm³/mol. The van der Waals surface area contributed by atoms with Gasteiger partial charge in [0.05, 0.1) is 0 Å². The highest BCUT2D eigenvalue weighted by Gasteiger charge is 2.11. The maximum atomic E-state index is 12.1. The number of nitrogens with zero attached hydrogens (tertiary/aromatic N) is 1. The van der Waals surface area contributed by atoms with Crippen molar-refractivity contribution < 1.29 is 4.79 Å². The largest absolute Gasteiger partial charge is 0.326 e. The van der Waals surface area contributed by atoms with E-state index in [-0.39, 0.29) is 5.91 Å². The minimum absolute atomic E-state index is 0.0799. The number of carbonyl (C=O) groups is 1. The summed E-state index contributed by atoms with van der Waals surface area (Å²) in [4.78, 5) is 14.3. The summed E-state index contributed by atoms with van der Waals surface area (Å²) in [7, 11) is 4.14. The van der Waals surface area contributed by atoms with Crippen molar-refractivity contribution in [3.8, 4) is 0 Å². The standard InChI is InChI=1S/C18H31N3O/c1-14(2)16-9-6-8-15(3)18(16)20-17(22)10-12-19-11-7-13-21(4)5/h6,8-9,14,19H,7,10-13H2,1-5H3,(H,20,22). The van der Waals surface area contributed by atoms with Crippen LogP contribution in [0.1, 0.15) is 43.7 Å². The van der Waals surface area contributed by atoms with Crippen molar-refractivity contribution in [2.45, 2.75) is 39.5 Å². The van der Waals surface area contributed by atoms with Crippen LogP contribution >= 0.6 is 0 Å². The van der Waals surface area contributed by atoms with Gasteiger partial charge in [0.1, 0.15) is 0 Å². The Bertz CT molecular complexity index is 469. The van der Waals surface area contributed by atoms with Gasteiger partial charge in [-0.15, -0.1) is 0 Å². The van der Waals surface area contributed by atoms with E-state index in [2.05, 4.69) is 49.5 Å². The second-order valence-electron chi connectivity index (χ2n) is 6.40. The SMILES string of the molecule is Cc1cccc(C(C)C)c1NC(=O)CCNCCCN(C)C. The molecule has 1 aromatic carbocycles. The number of aryl methyl sites for hydroxylation is 1. The molecule has 1 rings (SSSR count). The molecule has 0 aliphatic rings. The average molecular weight is 305 g/mol. The van der Waals surface area contributed by atoms with Crippen LogP contribution in [0.15, 0.2) is 18.2 Å². The van der Waals surface area contributed by atoms with Crippen LogP contribution in [-0.4, -0.2) is 44.5 Å². The Balaban J connectivity index is 2.40. The van der Waals surface area contributed by atoms with Gasteiger partial charge in [-0.3, -0.25) is 4.79 Å². The molecule has 0 saturated carbocycles. The van der Waals surface area contributed by atoms with Gasteiger partial charge < -0.3 is 15.5 Å². The lowest BCUT2D eigenvalue weighted by molar-refractivity contribution is -0.116. The van der Waals surface area contributed by atoms with E-state index in [0.29, 0.717) is 12.3 Å². The Kier molecular flexibility index (Phi) is 8.13. The van der Waals surface area contributed by atoms with E-state index in [1.807, 2.05) is 19.1 Å². The normalized spacial score (nSPS) is 11.2. The van der Waals surface area contributed by atoms with Crippen molar-refractivity contribution in [2.24, 2.45) is 0 Å². The van der Waals surface area contributed by atoms with Crippen LogP contribution < -0.4 is 10.6 Å². The lowest BCUT2D eigenvalue weighted by Crippen LogP contribution is -2.25. The first-order valence-electron chi connectivity index (χ1n) is 8.16. The first kappa shape index (κ1) is 18.7. The Hall–Kier alpha value is -1.39. The van der Waals surface area contributed by atoms with Gasteiger partial charge in [0.15, 0.2) is 0 Å². The van der Waals surface area contributed by atoms with Gasteiger partial charge in [0, 0.05) is 18.7 Å². The van der Waals surface area contributed by atoms with Crippen molar-refractivity contribution in [3.63, 3.8) is 0 Å². The van der Waals surface area contributed by atoms with E-state index in [1.165, 1.54) is 5.56 Å². The summed E-state index contributed by atoms with van der Waals surface area (Å²) < 4.78 is 0. The van der Waals surface area contributed by atoms with Gasteiger partial charge in [0.25, 0.3) is 0 Å². The number of rotatable bonds is 9. The molecule has 0 aliphatic carbocycles. The Morgan fingerprint density at radius 1 is 1.23 bits per heavy atom. The van der Waals surface area contributed by atoms with E-state index in [0.717, 1.165) is 37.3 Å². The lowest BCUT2D eigenvalue weighted by Gasteiger charge is -2.16. The zero-order valence-electron chi connectivity index (χ0n) is 14.7. The summed E-state index contributed by atoms with van der Waals surface area (Å²) in [6.07, 6.45) is 1.61. The first-order valence-corrected chi connectivity index (χ1v) is 8.16. The van der Waals surface area contributed by atoms with E-state index < -0.39 is 0 Å². The van der Waals surface area contributed by atoms with Crippen LogP contribution in [0, 0.1) is 6.92 Å². The van der Waals surface area contributed by atoms with Gasteiger partial charge in [-0.05, 0) is 57.6 Å². The molecule has 0 bridgehead atoms. The third-order valence-electron chi connectivity index (χ3n) is 3.68. The molecule has 0 radical (unpaired) electrons. The molecule has 0 spiro atoms. The fourth-order valence-corrected chi connectivity index (χ4v) is 2.39. The molecular formula is C18H31N3O. The van der Waals surface area contributed by atoms with Gasteiger partial charge in [-0.25, -0.2) is 0 Å². The number of hydrogen-bond acceptors (Lipinski definition) is 3. The minimum atomic E-state index is 0.0799. The number of benzene rings is 1. The molecule has 2 N–H and O–H groups in total. The highest BCUT2D eigenvalue weighted by Crippen LogP contribution is 2.27. The molecule has 0 fully saturated rings. The van der Waals surface area contributed by atoms with Crippen LogP contribution in [-0.2, 0) is 4.79 Å². The second kappa shape index (κ2) is 9.59. The molecule has 0 aliphatic heterocycles. The minimum Gasteiger partial charge on any atom is -0.326 e. The summed E-state index contributed by atoms with van der Waals surface area (Å²) in [5.74, 6) is 0.482. The third kappa shape index (κ3) is 6.58. The Morgan fingerprint density at radius 2 is 1.95 bits per heavy atom. The van der Waals surface area contributed by atoms with Crippen molar-refractivity contribution in [1.82, 2.24) is 10.2 Å². The van der Waals surface area contributed by atoms with Crippen LogP contribution in [0.2, 0.25) is 0 Å². The first-order chi connectivity index (χ1) is 10.4. The van der Waals surface area contributed by atoms with E-state index in [4.69, 9.17) is 0 Å². The Labute approximate surface area is 135 Å². The number of carbonyl (C=O) groups excluding carboxylic acids is 1. The van der Waals surface area contributed by atoms with Crippen LogP contribution in [0.4, 0.5) is 5.69 Å². The molecule has 4 heteroatoms. The Morgan fingerprint density at radius 3 is 2.59 bits per heavy atom. The number of nitrogens with one attached hydrogen (secondary N) is 2. The summed E-state index contributed by atoms with van der Waals surface area (Å²) in [5, 5.41) is 6.40. The summed E-state index contributed by atoms with van der Waals surface area (Å²) in [6, 6.07) is 6.18. The molecule has 0 heterocycles. The topological polar surface area (TPSA) is 44.4 Å². The molecule has 124 valence electrons. The van der Waals surface area contributed by atoms with E-state index in [9.17, 15) is 4.79 Å². The highest BCUT2D eigenvalue weighted by atomic mass is 16.1. The van der Waals surface area contributed by atoms with Crippen molar-refractivity contribution in [1.29, 1.82) is 0 Å².